The van der Waals surface area contributed by atoms with Gasteiger partial charge >= 0.3 is 0 Å². The van der Waals surface area contributed by atoms with Gasteiger partial charge in [0.05, 0.1) is 32.1 Å². The maximum Gasteiger partial charge on any atom is 0.294 e. The van der Waals surface area contributed by atoms with Gasteiger partial charge < -0.3 is 38.1 Å². The maximum absolute atomic E-state index is 12.9. The number of anilines is 5. The fourth-order valence-corrected chi connectivity index (χ4v) is 6.45. The molecular formula is C42H47N9O7S2. The molecule has 0 unspecified atom stereocenters. The predicted molar refractivity (Wildman–Crippen MR) is 236 cm³/mol. The largest absolute Gasteiger partial charge is 0.744 e. The maximum atomic E-state index is 12.9. The molecule has 314 valence electrons. The molecule has 6 rings (SSSR count). The number of hydrogen-bond donors (Lipinski definition) is 7. The number of carbonyl (C=O) groups is 1. The molecule has 1 aromatic heterocycles. The monoisotopic (exact) mass is 853 g/mol. The minimum absolute atomic E-state index is 0.0666. The van der Waals surface area contributed by atoms with Gasteiger partial charge in [0.15, 0.2) is 6.20 Å². The zero-order valence-corrected chi connectivity index (χ0v) is 35.0. The second-order valence-corrected chi connectivity index (χ2v) is 16.2. The van der Waals surface area contributed by atoms with E-state index in [2.05, 4.69) is 38.5 Å². The molecule has 0 saturated heterocycles. The Morgan fingerprint density at radius 1 is 0.767 bits per heavy atom. The molecule has 1 heterocycles. The van der Waals surface area contributed by atoms with Crippen molar-refractivity contribution in [3.63, 3.8) is 0 Å². The summed E-state index contributed by atoms with van der Waals surface area (Å²) >= 11 is 0. The van der Waals surface area contributed by atoms with E-state index in [0.717, 1.165) is 51.9 Å². The highest BCUT2D eigenvalue weighted by Gasteiger charge is 2.15. The summed E-state index contributed by atoms with van der Waals surface area (Å²) in [5, 5.41) is 14.9. The van der Waals surface area contributed by atoms with Gasteiger partial charge in [-0.3, -0.25) is 9.35 Å². The second kappa shape index (κ2) is 20.2. The zero-order valence-electron chi connectivity index (χ0n) is 33.3. The lowest BCUT2D eigenvalue weighted by molar-refractivity contribution is -0.671. The van der Waals surface area contributed by atoms with Crippen LogP contribution < -0.4 is 38.1 Å². The number of nitrogens with zero attached hydrogens (tertiary/aromatic N) is 3. The Balaban J connectivity index is 0.000000291. The van der Waals surface area contributed by atoms with Crippen LogP contribution in [0, 0.1) is 13.8 Å². The van der Waals surface area contributed by atoms with E-state index < -0.39 is 20.2 Å². The molecule has 5 aromatic carbocycles. The molecule has 0 atom stereocenters. The molecular weight excluding hydrogens is 807 g/mol. The number of hydrogen-bond acceptors (Lipinski definition) is 11. The first-order chi connectivity index (χ1) is 28.2. The summed E-state index contributed by atoms with van der Waals surface area (Å²) in [5.74, 6) is -0.430. The third kappa shape index (κ3) is 13.3. The Labute approximate surface area is 349 Å². The number of aryl methyl sites for hydroxylation is 3. The van der Waals surface area contributed by atoms with E-state index in [1.54, 1.807) is 55.5 Å². The van der Waals surface area contributed by atoms with Crippen molar-refractivity contribution < 1.29 is 35.3 Å². The normalized spacial score (nSPS) is 11.3. The average Bonchev–Trinajstić information content (AvgIpc) is 3.18. The summed E-state index contributed by atoms with van der Waals surface area (Å²) in [7, 11) is -8.29. The van der Waals surface area contributed by atoms with Gasteiger partial charge in [0.2, 0.25) is 11.5 Å². The highest BCUT2D eigenvalue weighted by molar-refractivity contribution is 7.86. The lowest BCUT2D eigenvalue weighted by Gasteiger charge is -2.13. The van der Waals surface area contributed by atoms with Crippen LogP contribution in [0.5, 0.6) is 0 Å². The van der Waals surface area contributed by atoms with E-state index in [-0.39, 0.29) is 21.7 Å². The van der Waals surface area contributed by atoms with E-state index >= 15 is 0 Å². The van der Waals surface area contributed by atoms with Crippen LogP contribution in [0.1, 0.15) is 47.3 Å². The molecule has 0 aliphatic carbocycles. The van der Waals surface area contributed by atoms with Crippen molar-refractivity contribution in [1.82, 2.24) is 0 Å². The number of nitrogens with two attached hydrogens (primary N) is 4. The number of amides is 1. The van der Waals surface area contributed by atoms with Crippen LogP contribution in [-0.2, 0) is 26.8 Å². The Hall–Kier alpha value is -6.86. The lowest BCUT2D eigenvalue weighted by atomic mass is 10.1. The number of guanidine groups is 1. The predicted octanol–water partition coefficient (Wildman–Crippen LogP) is 5.84. The fraction of sp³-hybridized carbons (Fsp3) is 0.143. The van der Waals surface area contributed by atoms with Crippen LogP contribution in [0.15, 0.2) is 141 Å². The summed E-state index contributed by atoms with van der Waals surface area (Å²) in [6.07, 6.45) is 3.07. The first-order valence-electron chi connectivity index (χ1n) is 18.2. The molecule has 0 fully saturated rings. The van der Waals surface area contributed by atoms with Crippen LogP contribution in [0.4, 0.5) is 28.4 Å². The van der Waals surface area contributed by atoms with Crippen molar-refractivity contribution in [2.75, 3.05) is 22.1 Å². The van der Waals surface area contributed by atoms with E-state index in [9.17, 15) is 26.2 Å². The topological polar surface area (TPSA) is 285 Å². The van der Waals surface area contributed by atoms with Gasteiger partial charge in [-0.25, -0.2) is 8.42 Å². The minimum atomic E-state index is -4.27. The first kappa shape index (κ1) is 45.8. The van der Waals surface area contributed by atoms with Gasteiger partial charge in [-0.05, 0) is 93.1 Å². The Kier molecular flexibility index (Phi) is 15.4. The van der Waals surface area contributed by atoms with Crippen molar-refractivity contribution in [2.24, 2.45) is 21.7 Å². The quantitative estimate of drug-likeness (QED) is 0.0214. The number of nitrogens with one attached hydrogen (secondary N) is 2. The van der Waals surface area contributed by atoms with Gasteiger partial charge in [-0.1, -0.05) is 54.4 Å². The van der Waals surface area contributed by atoms with Crippen molar-refractivity contribution >= 4 is 77.2 Å². The van der Waals surface area contributed by atoms with Crippen LogP contribution in [0.25, 0.3) is 10.9 Å². The van der Waals surface area contributed by atoms with Crippen molar-refractivity contribution in [2.45, 2.75) is 50.5 Å². The van der Waals surface area contributed by atoms with Crippen molar-refractivity contribution in [3.8, 4) is 0 Å². The Morgan fingerprint density at radius 2 is 1.35 bits per heavy atom. The van der Waals surface area contributed by atoms with Crippen LogP contribution in [0.3, 0.4) is 0 Å². The van der Waals surface area contributed by atoms with Gasteiger partial charge in [0.25, 0.3) is 16.0 Å². The second-order valence-electron chi connectivity index (χ2n) is 13.4. The Bertz CT molecular complexity index is 2670. The molecule has 0 radical (unpaired) electrons. The molecule has 6 aromatic rings. The van der Waals surface area contributed by atoms with E-state index in [1.807, 2.05) is 56.3 Å². The fourth-order valence-electron chi connectivity index (χ4n) is 5.50. The average molecular weight is 854 g/mol. The highest BCUT2D eigenvalue weighted by atomic mass is 32.2. The molecule has 0 aliphatic rings. The zero-order chi connectivity index (χ0) is 44.2. The molecule has 1 amide bonds. The SMILES string of the molecule is CCC[n+]1ccc(Nc2ccc(C(=O)Nc3ccc(/C(C)=N/N=C(N)N)cc3)c(N)c2)c2cc(N)ccc21.Cc1ccc(S(=O)(=O)O)cc1.Cc1ccc(S(=O)(=O)[O-])cc1. The molecule has 11 N–H and O–H groups in total. The molecule has 16 nitrogen and oxygen atoms in total. The van der Waals surface area contributed by atoms with Crippen LogP contribution >= 0.6 is 0 Å². The lowest BCUT2D eigenvalue weighted by Crippen LogP contribution is -2.33. The van der Waals surface area contributed by atoms with Gasteiger partial charge in [0.1, 0.15) is 16.7 Å². The van der Waals surface area contributed by atoms with Gasteiger partial charge in [-0.2, -0.15) is 18.1 Å². The van der Waals surface area contributed by atoms with Gasteiger partial charge in [-0.15, -0.1) is 5.10 Å². The third-order valence-electron chi connectivity index (χ3n) is 8.59. The van der Waals surface area contributed by atoms with E-state index in [0.29, 0.717) is 28.3 Å². The van der Waals surface area contributed by atoms with E-state index in [1.165, 1.54) is 24.3 Å². The number of aromatic nitrogens is 1. The molecule has 60 heavy (non-hydrogen) atoms. The third-order valence-corrected chi connectivity index (χ3v) is 10.3. The number of carbonyl (C=O) groups excluding carboxylic acids is 1. The smallest absolute Gasteiger partial charge is 0.294 e. The van der Waals surface area contributed by atoms with Crippen molar-refractivity contribution in [1.29, 1.82) is 0 Å². The highest BCUT2D eigenvalue weighted by Crippen LogP contribution is 2.28. The van der Waals surface area contributed by atoms with Crippen LogP contribution in [0.2, 0.25) is 0 Å². The summed E-state index contributed by atoms with van der Waals surface area (Å²) < 4.78 is 62.9. The van der Waals surface area contributed by atoms with Crippen LogP contribution in [-0.4, -0.2) is 43.5 Å². The van der Waals surface area contributed by atoms with Gasteiger partial charge in [0, 0.05) is 41.3 Å². The summed E-state index contributed by atoms with van der Waals surface area (Å²) in [5.41, 5.74) is 31.1. The van der Waals surface area contributed by atoms with E-state index in [4.69, 9.17) is 27.5 Å². The standard InChI is InChI=1S/C28H31N9O.2C7H8O3S/c1-3-13-37-14-12-25(23-15-19(29)6-11-26(23)37)33-21-9-10-22(24(30)16-21)27(38)34-20-7-4-18(5-8-20)17(2)35-36-28(31)32;2*1-6-2-4-7(5-3-6)11(8,9)10/h4-12,14-16H,3,13,29H2,1-2H3,(H7,30,31,32,34,35,36,38);2*2-5H,1H3,(H,8,9,10). The Morgan fingerprint density at radius 3 is 1.88 bits per heavy atom. The summed E-state index contributed by atoms with van der Waals surface area (Å²) in [6, 6.07) is 32.1. The summed E-state index contributed by atoms with van der Waals surface area (Å²) in [6.45, 7) is 8.50. The number of fused-ring (bicyclic) bond motifs is 1. The summed E-state index contributed by atoms with van der Waals surface area (Å²) in [4.78, 5) is 12.7. The number of rotatable bonds is 10. The number of benzene rings is 5. The number of nitrogen functional groups attached to an aromatic ring is 2. The molecule has 18 heteroatoms. The molecule has 0 spiro atoms. The molecule has 0 bridgehead atoms. The number of pyridine rings is 1. The molecule has 0 aliphatic heterocycles. The molecule has 0 saturated carbocycles. The minimum Gasteiger partial charge on any atom is -0.744 e. The van der Waals surface area contributed by atoms with Crippen molar-refractivity contribution in [3.05, 3.63) is 144 Å². The first-order valence-corrected chi connectivity index (χ1v) is 21.1.